The van der Waals surface area contributed by atoms with E-state index in [1.807, 2.05) is 0 Å². The highest BCUT2D eigenvalue weighted by Gasteiger charge is 2.29. The molecule has 2 aromatic carbocycles. The number of hydrogen-bond acceptors (Lipinski definition) is 3. The van der Waals surface area contributed by atoms with Crippen LogP contribution in [-0.2, 0) is 6.54 Å². The van der Waals surface area contributed by atoms with E-state index < -0.39 is 47.8 Å². The van der Waals surface area contributed by atoms with Crippen LogP contribution >= 0.6 is 27.5 Å². The van der Waals surface area contributed by atoms with Gasteiger partial charge >= 0.3 is 6.55 Å². The number of carbonyl (C=O) groups excluding carboxylic acids is 1. The summed E-state index contributed by atoms with van der Waals surface area (Å²) in [6, 6.07) is 5.85. The van der Waals surface area contributed by atoms with Gasteiger partial charge in [-0.2, -0.15) is 14.0 Å². The summed E-state index contributed by atoms with van der Waals surface area (Å²) in [6.45, 7) is -4.22. The molecule has 12 heteroatoms. The van der Waals surface area contributed by atoms with Crippen LogP contribution in [0.15, 0.2) is 33.7 Å². The van der Waals surface area contributed by atoms with Crippen LogP contribution in [0.1, 0.15) is 28.0 Å². The summed E-state index contributed by atoms with van der Waals surface area (Å²) in [7, 11) is 1.13. The van der Waals surface area contributed by atoms with Gasteiger partial charge in [-0.05, 0) is 40.2 Å². The van der Waals surface area contributed by atoms with Crippen LogP contribution in [-0.4, -0.2) is 28.4 Å². The number of nitriles is 1. The van der Waals surface area contributed by atoms with Gasteiger partial charge in [-0.25, -0.2) is 13.2 Å². The Hall–Kier alpha value is -2.71. The van der Waals surface area contributed by atoms with E-state index in [0.29, 0.717) is 4.57 Å². The molecule has 0 saturated carbocycles. The first kappa shape index (κ1) is 23.0. The molecule has 0 aliphatic rings. The van der Waals surface area contributed by atoms with Crippen LogP contribution in [0.2, 0.25) is 5.02 Å². The zero-order valence-electron chi connectivity index (χ0n) is 15.5. The summed E-state index contributed by atoms with van der Waals surface area (Å²) >= 11 is 9.09. The number of hydrogen-bond donors (Lipinski definition) is 0. The molecule has 0 radical (unpaired) electrons. The van der Waals surface area contributed by atoms with E-state index in [4.69, 9.17) is 11.6 Å². The van der Waals surface area contributed by atoms with Gasteiger partial charge in [0.05, 0.1) is 33.7 Å². The van der Waals surface area contributed by atoms with E-state index in [-0.39, 0.29) is 26.1 Å². The zero-order valence-corrected chi connectivity index (χ0v) is 17.9. The average Bonchev–Trinajstić information content (AvgIpc) is 3.00. The smallest absolute Gasteiger partial charge is 0.304 e. The third-order valence-corrected chi connectivity index (χ3v) is 5.40. The number of ketones is 1. The van der Waals surface area contributed by atoms with E-state index in [9.17, 15) is 32.0 Å². The van der Waals surface area contributed by atoms with Gasteiger partial charge in [0, 0.05) is 17.1 Å². The van der Waals surface area contributed by atoms with E-state index in [1.54, 1.807) is 6.07 Å². The Labute approximate surface area is 185 Å². The molecule has 0 spiro atoms. The Morgan fingerprint density at radius 3 is 2.52 bits per heavy atom. The minimum atomic E-state index is -3.26. The van der Waals surface area contributed by atoms with E-state index >= 15 is 0 Å². The van der Waals surface area contributed by atoms with Crippen molar-refractivity contribution in [2.75, 3.05) is 7.05 Å². The fourth-order valence-corrected chi connectivity index (χ4v) is 4.08. The Morgan fingerprint density at radius 2 is 1.97 bits per heavy atom. The van der Waals surface area contributed by atoms with E-state index in [0.717, 1.165) is 35.9 Å². The first-order valence-electron chi connectivity index (χ1n) is 8.48. The van der Waals surface area contributed by atoms with Gasteiger partial charge in [0.15, 0.2) is 5.78 Å². The van der Waals surface area contributed by atoms with Crippen molar-refractivity contribution >= 4 is 44.3 Å². The standard InChI is InChI=1S/C19H11BrClF5N4O/c1-28-19-29(7-14(23)24)13-5-11(20)15(10(6-27)16(13)30(19)18(25)26)17(31)9-4-8(22)2-3-12(9)21/h2-5,14,18H,7H2,1H3. The molecule has 0 aliphatic carbocycles. The number of nitrogens with zero attached hydrogens (tertiary/aromatic N) is 4. The number of carbonyl (C=O) groups is 1. The molecule has 0 amide bonds. The lowest BCUT2D eigenvalue weighted by Crippen LogP contribution is -2.28. The van der Waals surface area contributed by atoms with Crippen molar-refractivity contribution in [3.8, 4) is 6.07 Å². The van der Waals surface area contributed by atoms with E-state index in [2.05, 4.69) is 20.9 Å². The number of rotatable bonds is 5. The van der Waals surface area contributed by atoms with E-state index in [1.165, 1.54) is 0 Å². The van der Waals surface area contributed by atoms with Crippen LogP contribution in [0.5, 0.6) is 0 Å². The number of fused-ring (bicyclic) bond motifs is 1. The normalized spacial score (nSPS) is 12.2. The van der Waals surface area contributed by atoms with Crippen LogP contribution in [0.3, 0.4) is 0 Å². The van der Waals surface area contributed by atoms with Crippen molar-refractivity contribution in [3.63, 3.8) is 0 Å². The molecule has 0 saturated heterocycles. The maximum atomic E-state index is 13.9. The van der Waals surface area contributed by atoms with Gasteiger partial charge in [-0.3, -0.25) is 14.4 Å². The largest absolute Gasteiger partial charge is 0.321 e. The molecular formula is C19H11BrClF5N4O. The summed E-state index contributed by atoms with van der Waals surface area (Å²) < 4.78 is 68.8. The molecule has 3 aromatic rings. The maximum absolute atomic E-state index is 13.9. The van der Waals surface area contributed by atoms with Crippen LogP contribution in [0, 0.1) is 17.1 Å². The fourth-order valence-electron chi connectivity index (χ4n) is 3.28. The maximum Gasteiger partial charge on any atom is 0.321 e. The molecule has 1 heterocycles. The summed E-state index contributed by atoms with van der Waals surface area (Å²) in [6.07, 6.45) is -2.90. The van der Waals surface area contributed by atoms with Crippen molar-refractivity contribution in [3.05, 3.63) is 61.9 Å². The lowest BCUT2D eigenvalue weighted by atomic mass is 9.97. The number of aromatic nitrogens is 2. The zero-order chi connectivity index (χ0) is 23.0. The molecule has 5 nitrogen and oxygen atoms in total. The quantitative estimate of drug-likeness (QED) is 0.338. The van der Waals surface area contributed by atoms with Crippen LogP contribution in [0.25, 0.3) is 11.0 Å². The van der Waals surface area contributed by atoms with Crippen molar-refractivity contribution in [2.24, 2.45) is 4.99 Å². The molecule has 0 fully saturated rings. The Balaban J connectivity index is 2.48. The highest BCUT2D eigenvalue weighted by molar-refractivity contribution is 9.10. The summed E-state index contributed by atoms with van der Waals surface area (Å²) in [5.41, 5.74) is -2.32. The van der Waals surface area contributed by atoms with Crippen molar-refractivity contribution < 1.29 is 26.7 Å². The highest BCUT2D eigenvalue weighted by Crippen LogP contribution is 2.34. The minimum absolute atomic E-state index is 0.0426. The molecule has 1 aromatic heterocycles. The van der Waals surface area contributed by atoms with Gasteiger partial charge in [0.2, 0.25) is 5.62 Å². The second-order valence-electron chi connectivity index (χ2n) is 6.21. The average molecular weight is 522 g/mol. The third-order valence-electron chi connectivity index (χ3n) is 4.45. The topological polar surface area (TPSA) is 63.1 Å². The van der Waals surface area contributed by atoms with Crippen LogP contribution in [0.4, 0.5) is 22.0 Å². The lowest BCUT2D eigenvalue weighted by Gasteiger charge is -2.11. The molecule has 0 atom stereocenters. The van der Waals surface area contributed by atoms with Crippen molar-refractivity contribution in [1.29, 1.82) is 5.26 Å². The summed E-state index contributed by atoms with van der Waals surface area (Å²) in [5, 5.41) is 9.62. The first-order valence-corrected chi connectivity index (χ1v) is 9.65. The molecule has 0 N–H and O–H groups in total. The summed E-state index contributed by atoms with van der Waals surface area (Å²) in [5.74, 6) is -1.69. The van der Waals surface area contributed by atoms with Gasteiger partial charge in [0.1, 0.15) is 11.9 Å². The van der Waals surface area contributed by atoms with Gasteiger partial charge in [-0.1, -0.05) is 11.6 Å². The predicted octanol–water partition coefficient (Wildman–Crippen LogP) is 5.29. The van der Waals surface area contributed by atoms with Crippen LogP contribution < -0.4 is 5.62 Å². The first-order chi connectivity index (χ1) is 14.6. The number of halogens is 7. The monoisotopic (exact) mass is 520 g/mol. The second kappa shape index (κ2) is 8.80. The molecule has 162 valence electrons. The predicted molar refractivity (Wildman–Crippen MR) is 106 cm³/mol. The fraction of sp³-hybridized carbons (Fsp3) is 0.211. The summed E-state index contributed by atoms with van der Waals surface area (Å²) in [4.78, 5) is 16.8. The van der Waals surface area contributed by atoms with Gasteiger partial charge in [-0.15, -0.1) is 0 Å². The lowest BCUT2D eigenvalue weighted by molar-refractivity contribution is 0.0671. The molecule has 3 rings (SSSR count). The molecule has 0 bridgehead atoms. The molecule has 0 unspecified atom stereocenters. The highest BCUT2D eigenvalue weighted by atomic mass is 79.9. The van der Waals surface area contributed by atoms with Crippen molar-refractivity contribution in [1.82, 2.24) is 9.13 Å². The second-order valence-corrected chi connectivity index (χ2v) is 7.48. The Kier molecular flexibility index (Phi) is 6.52. The Morgan fingerprint density at radius 1 is 1.29 bits per heavy atom. The molecule has 31 heavy (non-hydrogen) atoms. The number of benzene rings is 2. The molecule has 0 aliphatic heterocycles. The number of alkyl halides is 4. The third kappa shape index (κ3) is 3.97. The van der Waals surface area contributed by atoms with Crippen molar-refractivity contribution in [2.45, 2.75) is 19.5 Å². The SMILES string of the molecule is CN=c1n(CC(F)F)c2cc(Br)c(C(=O)c3cc(F)ccc3Cl)c(C#N)c2n1C(F)F. The van der Waals surface area contributed by atoms with Gasteiger partial charge < -0.3 is 4.57 Å². The number of imidazole rings is 1. The minimum Gasteiger partial charge on any atom is -0.304 e. The van der Waals surface area contributed by atoms with Gasteiger partial charge in [0.25, 0.3) is 6.43 Å². The molecular weight excluding hydrogens is 511 g/mol. The Bertz CT molecular complexity index is 1310.